The van der Waals surface area contributed by atoms with Crippen molar-refractivity contribution in [1.29, 1.82) is 0 Å². The van der Waals surface area contributed by atoms with Gasteiger partial charge in [0.15, 0.2) is 5.11 Å². The number of ether oxygens (including phenoxy) is 1. The standard InChI is InChI=1S/C24H31N5O2S2/c1-2-3-10-25-24(32)29-11-8-18(9-12-29)23-27-20(17-33-23)22(30)26-19-6-4-5-7-21(19)28-13-15-31-16-14-28/h2-7,17-18H,8-16H2,1H3,(H,25,32)(H,26,30)/b3-2+. The van der Waals surface area contributed by atoms with Gasteiger partial charge in [-0.3, -0.25) is 4.79 Å². The quantitative estimate of drug-likeness (QED) is 0.476. The van der Waals surface area contributed by atoms with E-state index >= 15 is 0 Å². The van der Waals surface area contributed by atoms with Crippen molar-refractivity contribution in [3.05, 3.63) is 52.5 Å². The van der Waals surface area contributed by atoms with Crippen molar-refractivity contribution in [2.45, 2.75) is 25.7 Å². The first-order chi connectivity index (χ1) is 16.2. The number of thiocarbonyl (C=S) groups is 1. The lowest BCUT2D eigenvalue weighted by Crippen LogP contribution is -2.43. The van der Waals surface area contributed by atoms with E-state index in [1.54, 1.807) is 11.3 Å². The molecule has 1 amide bonds. The minimum Gasteiger partial charge on any atom is -0.378 e. The van der Waals surface area contributed by atoms with Gasteiger partial charge >= 0.3 is 0 Å². The molecule has 2 saturated heterocycles. The molecule has 0 aliphatic carbocycles. The summed E-state index contributed by atoms with van der Waals surface area (Å²) in [6.07, 6.45) is 6.04. The molecule has 2 N–H and O–H groups in total. The van der Waals surface area contributed by atoms with E-state index in [4.69, 9.17) is 21.9 Å². The summed E-state index contributed by atoms with van der Waals surface area (Å²) in [5.41, 5.74) is 2.32. The normalized spacial score (nSPS) is 17.4. The number of hydrogen-bond acceptors (Lipinski definition) is 6. The first-order valence-electron chi connectivity index (χ1n) is 11.5. The number of morpholine rings is 1. The first kappa shape index (κ1) is 23.7. The number of carbonyl (C=O) groups is 1. The summed E-state index contributed by atoms with van der Waals surface area (Å²) in [5.74, 6) is 0.205. The maximum atomic E-state index is 13.0. The van der Waals surface area contributed by atoms with E-state index in [0.717, 1.165) is 67.1 Å². The SMILES string of the molecule is C/C=C/CNC(=S)N1CCC(c2nc(C(=O)Nc3ccccc3N3CCOCC3)cs2)CC1. The third kappa shape index (κ3) is 6.10. The van der Waals surface area contributed by atoms with Gasteiger partial charge in [-0.05, 0) is 44.1 Å². The number of amides is 1. The van der Waals surface area contributed by atoms with Crippen LogP contribution in [0.5, 0.6) is 0 Å². The molecule has 2 aromatic rings. The molecule has 3 heterocycles. The average Bonchev–Trinajstić information content (AvgIpc) is 3.36. The lowest BCUT2D eigenvalue weighted by molar-refractivity contribution is 0.102. The van der Waals surface area contributed by atoms with Crippen molar-refractivity contribution in [1.82, 2.24) is 15.2 Å². The Morgan fingerprint density at radius 1 is 1.24 bits per heavy atom. The lowest BCUT2D eigenvalue weighted by Gasteiger charge is -2.33. The monoisotopic (exact) mass is 485 g/mol. The molecule has 1 aromatic heterocycles. The highest BCUT2D eigenvalue weighted by atomic mass is 32.1. The predicted octanol–water partition coefficient (Wildman–Crippen LogP) is 3.86. The van der Waals surface area contributed by atoms with Crippen LogP contribution in [0.15, 0.2) is 41.8 Å². The van der Waals surface area contributed by atoms with E-state index in [9.17, 15) is 4.79 Å². The minimum absolute atomic E-state index is 0.162. The number of allylic oxidation sites excluding steroid dienone is 1. The van der Waals surface area contributed by atoms with E-state index in [0.29, 0.717) is 24.8 Å². The van der Waals surface area contributed by atoms with Gasteiger partial charge in [0.1, 0.15) is 5.69 Å². The molecule has 9 heteroatoms. The second-order valence-corrected chi connectivity index (χ2v) is 9.43. The lowest BCUT2D eigenvalue weighted by atomic mass is 9.98. The number of carbonyl (C=O) groups excluding carboxylic acids is 1. The Kier molecular flexibility index (Phi) is 8.30. The molecule has 33 heavy (non-hydrogen) atoms. The number of para-hydroxylation sites is 2. The fraction of sp³-hybridized carbons (Fsp3) is 0.458. The summed E-state index contributed by atoms with van der Waals surface area (Å²) in [6, 6.07) is 7.92. The number of benzene rings is 1. The zero-order valence-electron chi connectivity index (χ0n) is 19.0. The summed E-state index contributed by atoms with van der Waals surface area (Å²) >= 11 is 7.08. The molecule has 0 radical (unpaired) electrons. The van der Waals surface area contributed by atoms with Crippen LogP contribution in [0.4, 0.5) is 11.4 Å². The van der Waals surface area contributed by atoms with Gasteiger partial charge in [0.05, 0.1) is 29.6 Å². The second-order valence-electron chi connectivity index (χ2n) is 8.16. The maximum absolute atomic E-state index is 13.0. The van der Waals surface area contributed by atoms with Crippen LogP contribution in [0.1, 0.15) is 41.2 Å². The van der Waals surface area contributed by atoms with E-state index < -0.39 is 0 Å². The highest BCUT2D eigenvalue weighted by molar-refractivity contribution is 7.80. The highest BCUT2D eigenvalue weighted by Gasteiger charge is 2.25. The number of anilines is 2. The number of nitrogens with one attached hydrogen (secondary N) is 2. The molecule has 2 aliphatic heterocycles. The first-order valence-corrected chi connectivity index (χ1v) is 12.8. The molecule has 2 aliphatic rings. The van der Waals surface area contributed by atoms with Crippen molar-refractivity contribution in [3.63, 3.8) is 0 Å². The predicted molar refractivity (Wildman–Crippen MR) is 139 cm³/mol. The number of thiazole rings is 1. The largest absolute Gasteiger partial charge is 0.378 e. The van der Waals surface area contributed by atoms with Gasteiger partial charge in [-0.2, -0.15) is 0 Å². The number of hydrogen-bond donors (Lipinski definition) is 2. The van der Waals surface area contributed by atoms with Gasteiger partial charge in [-0.1, -0.05) is 24.3 Å². The summed E-state index contributed by atoms with van der Waals surface area (Å²) in [4.78, 5) is 22.1. The molecule has 0 saturated carbocycles. The fourth-order valence-corrected chi connectivity index (χ4v) is 5.37. The molecule has 176 valence electrons. The molecule has 1 aromatic carbocycles. The summed E-state index contributed by atoms with van der Waals surface area (Å²) in [7, 11) is 0. The molecule has 4 rings (SSSR count). The third-order valence-electron chi connectivity index (χ3n) is 6.00. The van der Waals surface area contributed by atoms with Gasteiger partial charge in [0.2, 0.25) is 0 Å². The molecule has 0 bridgehead atoms. The Hall–Kier alpha value is -2.49. The van der Waals surface area contributed by atoms with Crippen LogP contribution in [0, 0.1) is 0 Å². The Labute approximate surface area is 204 Å². The molecular weight excluding hydrogens is 454 g/mol. The molecule has 0 atom stereocenters. The third-order valence-corrected chi connectivity index (χ3v) is 7.41. The minimum atomic E-state index is -0.162. The Morgan fingerprint density at radius 3 is 2.76 bits per heavy atom. The van der Waals surface area contributed by atoms with Crippen LogP contribution in [0.2, 0.25) is 0 Å². The van der Waals surface area contributed by atoms with Crippen LogP contribution in [0.3, 0.4) is 0 Å². The Morgan fingerprint density at radius 2 is 2.00 bits per heavy atom. The van der Waals surface area contributed by atoms with Crippen LogP contribution < -0.4 is 15.5 Å². The average molecular weight is 486 g/mol. The topological polar surface area (TPSA) is 69.7 Å². The van der Waals surface area contributed by atoms with E-state index in [1.807, 2.05) is 42.6 Å². The zero-order valence-corrected chi connectivity index (χ0v) is 20.6. The summed E-state index contributed by atoms with van der Waals surface area (Å²) < 4.78 is 5.46. The second kappa shape index (κ2) is 11.6. The van der Waals surface area contributed by atoms with Crippen molar-refractivity contribution in [2.75, 3.05) is 56.2 Å². The van der Waals surface area contributed by atoms with Gasteiger partial charge in [-0.25, -0.2) is 4.98 Å². The molecule has 7 nitrogen and oxygen atoms in total. The van der Waals surface area contributed by atoms with E-state index in [-0.39, 0.29) is 5.91 Å². The molecular formula is C24H31N5O2S2. The van der Waals surface area contributed by atoms with Gasteiger partial charge < -0.3 is 25.2 Å². The van der Waals surface area contributed by atoms with Gasteiger partial charge in [0, 0.05) is 44.0 Å². The van der Waals surface area contributed by atoms with E-state index in [2.05, 4.69) is 26.5 Å². The van der Waals surface area contributed by atoms with Crippen molar-refractivity contribution < 1.29 is 9.53 Å². The summed E-state index contributed by atoms with van der Waals surface area (Å²) in [5, 5.41) is 10.1. The van der Waals surface area contributed by atoms with Crippen molar-refractivity contribution in [2.24, 2.45) is 0 Å². The van der Waals surface area contributed by atoms with Crippen molar-refractivity contribution in [3.8, 4) is 0 Å². The van der Waals surface area contributed by atoms with Crippen LogP contribution >= 0.6 is 23.6 Å². The number of nitrogens with zero attached hydrogens (tertiary/aromatic N) is 3. The van der Waals surface area contributed by atoms with Crippen LogP contribution in [-0.2, 0) is 4.74 Å². The Balaban J connectivity index is 1.34. The Bertz CT molecular complexity index is 979. The fourth-order valence-electron chi connectivity index (χ4n) is 4.13. The molecule has 0 spiro atoms. The van der Waals surface area contributed by atoms with Crippen molar-refractivity contribution >= 4 is 45.9 Å². The number of likely N-dealkylation sites (tertiary alicyclic amines) is 1. The number of aromatic nitrogens is 1. The zero-order chi connectivity index (χ0) is 23.0. The van der Waals surface area contributed by atoms with E-state index in [1.165, 1.54) is 0 Å². The number of piperidine rings is 1. The summed E-state index contributed by atoms with van der Waals surface area (Å²) in [6.45, 7) is 7.61. The molecule has 0 unspecified atom stereocenters. The maximum Gasteiger partial charge on any atom is 0.275 e. The van der Waals surface area contributed by atoms with Gasteiger partial charge in [0.25, 0.3) is 5.91 Å². The smallest absolute Gasteiger partial charge is 0.275 e. The molecule has 2 fully saturated rings. The van der Waals surface area contributed by atoms with Crippen LogP contribution in [0.25, 0.3) is 0 Å². The number of rotatable bonds is 6. The van der Waals surface area contributed by atoms with Crippen LogP contribution in [-0.4, -0.2) is 66.8 Å². The van der Waals surface area contributed by atoms with Gasteiger partial charge in [-0.15, -0.1) is 11.3 Å². The highest BCUT2D eigenvalue weighted by Crippen LogP contribution is 2.31.